The lowest BCUT2D eigenvalue weighted by molar-refractivity contribution is -0.131. The summed E-state index contributed by atoms with van der Waals surface area (Å²) in [4.78, 5) is 25.8. The highest BCUT2D eigenvalue weighted by Crippen LogP contribution is 2.25. The van der Waals surface area contributed by atoms with Crippen LogP contribution in [0.4, 0.5) is 4.79 Å². The minimum Gasteiger partial charge on any atom is -0.508 e. The first kappa shape index (κ1) is 18.5. The molecule has 1 aliphatic rings. The summed E-state index contributed by atoms with van der Waals surface area (Å²) < 4.78 is 0. The van der Waals surface area contributed by atoms with Gasteiger partial charge in [0.1, 0.15) is 5.75 Å². The number of nitrogens with one attached hydrogen (secondary N) is 1. The average Bonchev–Trinajstić information content (AvgIpc) is 2.68. The zero-order valence-corrected chi connectivity index (χ0v) is 15.0. The third kappa shape index (κ3) is 4.88. The summed E-state index contributed by atoms with van der Waals surface area (Å²) in [6.07, 6.45) is 2.94. The maximum atomic E-state index is 12.7. The van der Waals surface area contributed by atoms with Crippen molar-refractivity contribution in [2.75, 3.05) is 13.1 Å². The molecule has 0 saturated carbocycles. The third-order valence-electron chi connectivity index (χ3n) is 4.70. The van der Waals surface area contributed by atoms with Gasteiger partial charge < -0.3 is 21.1 Å². The normalized spacial score (nSPS) is 15.0. The second kappa shape index (κ2) is 8.40. The van der Waals surface area contributed by atoms with Gasteiger partial charge in [0.05, 0.1) is 12.5 Å². The van der Waals surface area contributed by atoms with Crippen molar-refractivity contribution in [1.82, 2.24) is 10.2 Å². The molecule has 2 aromatic rings. The molecule has 4 N–H and O–H groups in total. The Kier molecular flexibility index (Phi) is 5.76. The van der Waals surface area contributed by atoms with Gasteiger partial charge in [0, 0.05) is 13.1 Å². The van der Waals surface area contributed by atoms with Crippen molar-refractivity contribution in [2.24, 2.45) is 5.73 Å². The Labute approximate surface area is 158 Å². The van der Waals surface area contributed by atoms with E-state index in [9.17, 15) is 14.7 Å². The molecule has 1 unspecified atom stereocenters. The predicted octanol–water partition coefficient (Wildman–Crippen LogP) is 2.81. The van der Waals surface area contributed by atoms with Crippen LogP contribution >= 0.6 is 0 Å². The van der Waals surface area contributed by atoms with E-state index < -0.39 is 12.1 Å². The molecule has 1 aliphatic heterocycles. The number of carbonyl (C=O) groups excluding carboxylic acids is 2. The van der Waals surface area contributed by atoms with E-state index in [0.717, 1.165) is 23.1 Å². The monoisotopic (exact) mass is 365 g/mol. The highest BCUT2D eigenvalue weighted by atomic mass is 16.3. The number of carbonyl (C=O) groups is 2. The number of benzene rings is 2. The number of nitrogens with two attached hydrogens (primary N) is 1. The first-order valence-corrected chi connectivity index (χ1v) is 8.90. The molecule has 1 atom stereocenters. The zero-order chi connectivity index (χ0) is 19.2. The third-order valence-corrected chi connectivity index (χ3v) is 4.70. The first-order chi connectivity index (χ1) is 13.0. The number of urea groups is 1. The summed E-state index contributed by atoms with van der Waals surface area (Å²) in [6.45, 7) is 1.14. The molecular formula is C21H23N3O3. The number of aromatic hydroxyl groups is 1. The minimum absolute atomic E-state index is 0.0291. The highest BCUT2D eigenvalue weighted by molar-refractivity contribution is 5.80. The van der Waals surface area contributed by atoms with Crippen LogP contribution in [0.5, 0.6) is 5.75 Å². The first-order valence-electron chi connectivity index (χ1n) is 8.90. The lowest BCUT2D eigenvalue weighted by Crippen LogP contribution is -2.39. The maximum Gasteiger partial charge on any atom is 0.312 e. The Morgan fingerprint density at radius 1 is 1.11 bits per heavy atom. The smallest absolute Gasteiger partial charge is 0.312 e. The number of nitrogens with zero attached hydrogens (tertiary/aromatic N) is 1. The van der Waals surface area contributed by atoms with Crippen molar-refractivity contribution >= 4 is 17.5 Å². The molecular weight excluding hydrogens is 342 g/mol. The molecule has 0 radical (unpaired) electrons. The second-order valence-corrected chi connectivity index (χ2v) is 6.54. The lowest BCUT2D eigenvalue weighted by Gasteiger charge is -2.28. The van der Waals surface area contributed by atoms with Crippen LogP contribution in [0.2, 0.25) is 0 Å². The van der Waals surface area contributed by atoms with Crippen LogP contribution < -0.4 is 11.1 Å². The van der Waals surface area contributed by atoms with Gasteiger partial charge in [-0.05, 0) is 35.3 Å². The molecule has 6 heteroatoms. The maximum absolute atomic E-state index is 12.7. The second-order valence-electron chi connectivity index (χ2n) is 6.54. The number of hydrogen-bond acceptors (Lipinski definition) is 3. The molecule has 1 heterocycles. The summed E-state index contributed by atoms with van der Waals surface area (Å²) in [5.74, 6) is 0.208. The van der Waals surface area contributed by atoms with Crippen molar-refractivity contribution in [3.05, 3.63) is 71.8 Å². The van der Waals surface area contributed by atoms with Crippen molar-refractivity contribution in [3.8, 4) is 5.75 Å². The van der Waals surface area contributed by atoms with Crippen LogP contribution in [0.25, 0.3) is 5.57 Å². The molecule has 3 rings (SSSR count). The van der Waals surface area contributed by atoms with E-state index >= 15 is 0 Å². The SMILES string of the molecule is NC(=O)NC(CC(=O)N1CC=C(c2ccc(O)cc2)CC1)c1ccccc1. The van der Waals surface area contributed by atoms with Crippen molar-refractivity contribution < 1.29 is 14.7 Å². The largest absolute Gasteiger partial charge is 0.508 e. The standard InChI is InChI=1S/C21H23N3O3/c22-21(27)23-19(17-4-2-1-3-5-17)14-20(26)24-12-10-16(11-13-24)15-6-8-18(25)9-7-15/h1-10,19,25H,11-14H2,(H3,22,23,27). The number of primary amides is 1. The Hall–Kier alpha value is -3.28. The van der Waals surface area contributed by atoms with Gasteiger partial charge in [-0.3, -0.25) is 4.79 Å². The van der Waals surface area contributed by atoms with Gasteiger partial charge in [0.2, 0.25) is 5.91 Å². The minimum atomic E-state index is -0.648. The fourth-order valence-corrected chi connectivity index (χ4v) is 3.25. The zero-order valence-electron chi connectivity index (χ0n) is 15.0. The van der Waals surface area contributed by atoms with Gasteiger partial charge in [-0.25, -0.2) is 4.79 Å². The summed E-state index contributed by atoms with van der Waals surface area (Å²) in [5, 5.41) is 12.1. The van der Waals surface area contributed by atoms with Gasteiger partial charge in [-0.1, -0.05) is 48.5 Å². The van der Waals surface area contributed by atoms with E-state index in [0.29, 0.717) is 13.1 Å². The van der Waals surface area contributed by atoms with E-state index in [1.807, 2.05) is 48.5 Å². The predicted molar refractivity (Wildman–Crippen MR) is 104 cm³/mol. The number of amides is 3. The van der Waals surface area contributed by atoms with Crippen molar-refractivity contribution in [3.63, 3.8) is 0 Å². The molecule has 0 bridgehead atoms. The van der Waals surface area contributed by atoms with Crippen LogP contribution in [0.3, 0.4) is 0 Å². The summed E-state index contributed by atoms with van der Waals surface area (Å²) >= 11 is 0. The molecule has 3 amide bonds. The van der Waals surface area contributed by atoms with Gasteiger partial charge in [-0.2, -0.15) is 0 Å². The van der Waals surface area contributed by atoms with Gasteiger partial charge in [0.15, 0.2) is 0 Å². The molecule has 2 aromatic carbocycles. The topological polar surface area (TPSA) is 95.7 Å². The molecule has 0 fully saturated rings. The van der Waals surface area contributed by atoms with Crippen LogP contribution in [-0.4, -0.2) is 35.0 Å². The van der Waals surface area contributed by atoms with Crippen molar-refractivity contribution in [2.45, 2.75) is 18.9 Å². The Morgan fingerprint density at radius 3 is 2.41 bits per heavy atom. The number of rotatable bonds is 5. The summed E-state index contributed by atoms with van der Waals surface area (Å²) in [7, 11) is 0. The van der Waals surface area contributed by atoms with E-state index in [-0.39, 0.29) is 18.1 Å². The number of phenolic OH excluding ortho intramolecular Hbond substituents is 1. The number of phenols is 1. The van der Waals surface area contributed by atoms with Crippen LogP contribution in [0.15, 0.2) is 60.7 Å². The van der Waals surface area contributed by atoms with Crippen LogP contribution in [0.1, 0.15) is 30.0 Å². The van der Waals surface area contributed by atoms with E-state index in [2.05, 4.69) is 5.32 Å². The van der Waals surface area contributed by atoms with E-state index in [4.69, 9.17) is 5.73 Å². The molecule has 27 heavy (non-hydrogen) atoms. The highest BCUT2D eigenvalue weighted by Gasteiger charge is 2.23. The Morgan fingerprint density at radius 2 is 1.81 bits per heavy atom. The fourth-order valence-electron chi connectivity index (χ4n) is 3.25. The Balaban J connectivity index is 1.65. The Bertz CT molecular complexity index is 832. The molecule has 0 saturated heterocycles. The molecule has 0 aliphatic carbocycles. The van der Waals surface area contributed by atoms with Gasteiger partial charge in [-0.15, -0.1) is 0 Å². The molecule has 6 nitrogen and oxygen atoms in total. The lowest BCUT2D eigenvalue weighted by atomic mass is 9.98. The molecule has 0 spiro atoms. The summed E-state index contributed by atoms with van der Waals surface area (Å²) in [6, 6.07) is 15.3. The summed E-state index contributed by atoms with van der Waals surface area (Å²) in [5.41, 5.74) is 8.34. The van der Waals surface area contributed by atoms with Gasteiger partial charge >= 0.3 is 6.03 Å². The van der Waals surface area contributed by atoms with E-state index in [1.165, 1.54) is 0 Å². The van der Waals surface area contributed by atoms with E-state index in [1.54, 1.807) is 17.0 Å². The quantitative estimate of drug-likeness (QED) is 0.760. The van der Waals surface area contributed by atoms with Crippen molar-refractivity contribution in [1.29, 1.82) is 0 Å². The number of hydrogen-bond donors (Lipinski definition) is 3. The average molecular weight is 365 g/mol. The van der Waals surface area contributed by atoms with Gasteiger partial charge in [0.25, 0.3) is 0 Å². The van der Waals surface area contributed by atoms with Crippen LogP contribution in [0, 0.1) is 0 Å². The fraction of sp³-hybridized carbons (Fsp3) is 0.238. The molecule has 140 valence electrons. The van der Waals surface area contributed by atoms with Crippen LogP contribution in [-0.2, 0) is 4.79 Å². The molecule has 0 aromatic heterocycles.